The molecule has 0 saturated carbocycles. The summed E-state index contributed by atoms with van der Waals surface area (Å²) >= 11 is 0. The lowest BCUT2D eigenvalue weighted by molar-refractivity contribution is -0.110. The number of carbonyl (C=O) groups excluding carboxylic acids is 1. The fraction of sp³-hybridized carbons (Fsp3) is 0.326. The van der Waals surface area contributed by atoms with Gasteiger partial charge in [-0.3, -0.25) is 4.79 Å². The molecular formula is C43H50O5. The number of ether oxygens (including phenoxy) is 4. The summed E-state index contributed by atoms with van der Waals surface area (Å²) in [5.41, 5.74) is 4.62. The van der Waals surface area contributed by atoms with Crippen molar-refractivity contribution in [3.63, 3.8) is 0 Å². The van der Waals surface area contributed by atoms with Crippen molar-refractivity contribution in [3.8, 4) is 0 Å². The van der Waals surface area contributed by atoms with Crippen molar-refractivity contribution in [1.29, 1.82) is 0 Å². The molecule has 5 nitrogen and oxygen atoms in total. The molecule has 0 heterocycles. The number of carbonyl (C=O) groups is 1. The summed E-state index contributed by atoms with van der Waals surface area (Å²) in [6.07, 6.45) is 12.0. The summed E-state index contributed by atoms with van der Waals surface area (Å²) in [6.45, 7) is 3.63. The van der Waals surface area contributed by atoms with Gasteiger partial charge in [-0.05, 0) is 72.9 Å². The van der Waals surface area contributed by atoms with Crippen LogP contribution < -0.4 is 0 Å². The SMILES string of the molecule is O=C(/C=C/C[C@@H](CCCOCc1ccccc1)OCc1ccccc1)/C=C/C[C@@H](CCCOCc1ccccc1)OCc1ccccc1. The quantitative estimate of drug-likeness (QED) is 0.0561. The van der Waals surface area contributed by atoms with E-state index in [1.165, 1.54) is 11.1 Å². The van der Waals surface area contributed by atoms with Gasteiger partial charge < -0.3 is 18.9 Å². The molecule has 0 amide bonds. The first-order valence-electron chi connectivity index (χ1n) is 17.2. The average Bonchev–Trinajstić information content (AvgIpc) is 3.13. The second kappa shape index (κ2) is 23.2. The molecule has 0 radical (unpaired) electrons. The summed E-state index contributed by atoms with van der Waals surface area (Å²) in [4.78, 5) is 12.7. The Morgan fingerprint density at radius 2 is 0.812 bits per heavy atom. The molecule has 0 fully saturated rings. The van der Waals surface area contributed by atoms with Gasteiger partial charge in [-0.25, -0.2) is 0 Å². The third-order valence-corrected chi connectivity index (χ3v) is 7.87. The molecule has 252 valence electrons. The molecule has 4 rings (SSSR count). The van der Waals surface area contributed by atoms with E-state index in [1.54, 1.807) is 12.2 Å². The normalized spacial score (nSPS) is 12.8. The van der Waals surface area contributed by atoms with Crippen LogP contribution in [0.3, 0.4) is 0 Å². The molecule has 0 aliphatic rings. The summed E-state index contributed by atoms with van der Waals surface area (Å²) in [6, 6.07) is 40.8. The highest BCUT2D eigenvalue weighted by molar-refractivity contribution is 5.99. The van der Waals surface area contributed by atoms with Gasteiger partial charge in [0.1, 0.15) is 0 Å². The molecule has 5 heteroatoms. The first-order valence-corrected chi connectivity index (χ1v) is 17.2. The molecule has 0 aromatic heterocycles. The predicted molar refractivity (Wildman–Crippen MR) is 193 cm³/mol. The molecule has 0 spiro atoms. The molecule has 4 aromatic carbocycles. The van der Waals surface area contributed by atoms with Crippen LogP contribution in [0.15, 0.2) is 146 Å². The molecule has 0 unspecified atom stereocenters. The Balaban J connectivity index is 1.21. The van der Waals surface area contributed by atoms with E-state index in [2.05, 4.69) is 48.5 Å². The van der Waals surface area contributed by atoms with Crippen LogP contribution >= 0.6 is 0 Å². The Kier molecular flexibility index (Phi) is 17.8. The molecule has 2 atom stereocenters. The van der Waals surface area contributed by atoms with Crippen molar-refractivity contribution >= 4 is 5.78 Å². The van der Waals surface area contributed by atoms with Gasteiger partial charge >= 0.3 is 0 Å². The molecule has 48 heavy (non-hydrogen) atoms. The highest BCUT2D eigenvalue weighted by Gasteiger charge is 2.10. The number of allylic oxidation sites excluding steroid dienone is 2. The Labute approximate surface area is 287 Å². The van der Waals surface area contributed by atoms with Crippen LogP contribution in [-0.2, 0) is 50.2 Å². The van der Waals surface area contributed by atoms with E-state index in [9.17, 15) is 4.79 Å². The molecule has 0 saturated heterocycles. The van der Waals surface area contributed by atoms with Crippen LogP contribution in [0, 0.1) is 0 Å². The minimum absolute atomic E-state index is 0.00145. The first-order chi connectivity index (χ1) is 23.7. The van der Waals surface area contributed by atoms with E-state index in [-0.39, 0.29) is 18.0 Å². The number of rotatable bonds is 24. The number of hydrogen-bond acceptors (Lipinski definition) is 5. The highest BCUT2D eigenvalue weighted by atomic mass is 16.5. The zero-order valence-corrected chi connectivity index (χ0v) is 28.0. The molecule has 0 N–H and O–H groups in total. The summed E-state index contributed by atoms with van der Waals surface area (Å²) in [7, 11) is 0. The van der Waals surface area contributed by atoms with Gasteiger partial charge in [-0.15, -0.1) is 0 Å². The minimum Gasteiger partial charge on any atom is -0.377 e. The molecule has 0 aliphatic carbocycles. The number of ketones is 1. The lowest BCUT2D eigenvalue weighted by atomic mass is 10.1. The Hall–Kier alpha value is -4.13. The van der Waals surface area contributed by atoms with Gasteiger partial charge in [-0.1, -0.05) is 133 Å². The van der Waals surface area contributed by atoms with E-state index in [4.69, 9.17) is 18.9 Å². The van der Waals surface area contributed by atoms with Gasteiger partial charge in [0.05, 0.1) is 38.6 Å². The van der Waals surface area contributed by atoms with Gasteiger partial charge in [0.2, 0.25) is 0 Å². The van der Waals surface area contributed by atoms with Crippen LogP contribution in [0.4, 0.5) is 0 Å². The monoisotopic (exact) mass is 646 g/mol. The van der Waals surface area contributed by atoms with Gasteiger partial charge in [0.15, 0.2) is 5.78 Å². The van der Waals surface area contributed by atoms with E-state index in [1.807, 2.05) is 84.9 Å². The fourth-order valence-corrected chi connectivity index (χ4v) is 5.20. The van der Waals surface area contributed by atoms with Crippen LogP contribution in [0.25, 0.3) is 0 Å². The van der Waals surface area contributed by atoms with E-state index in [0.29, 0.717) is 52.5 Å². The first kappa shape index (κ1) is 36.7. The van der Waals surface area contributed by atoms with Crippen molar-refractivity contribution in [1.82, 2.24) is 0 Å². The van der Waals surface area contributed by atoms with E-state index >= 15 is 0 Å². The third kappa shape index (κ3) is 16.1. The maximum absolute atomic E-state index is 12.7. The van der Waals surface area contributed by atoms with Gasteiger partial charge in [-0.2, -0.15) is 0 Å². The summed E-state index contributed by atoms with van der Waals surface area (Å²) in [5.74, 6) is -0.0315. The number of benzene rings is 4. The lowest BCUT2D eigenvalue weighted by Crippen LogP contribution is -2.14. The predicted octanol–water partition coefficient (Wildman–Crippen LogP) is 9.61. The topological polar surface area (TPSA) is 54.0 Å². The van der Waals surface area contributed by atoms with Crippen LogP contribution in [0.5, 0.6) is 0 Å². The molecule has 0 bridgehead atoms. The second-order valence-electron chi connectivity index (χ2n) is 11.9. The van der Waals surface area contributed by atoms with Crippen molar-refractivity contribution in [3.05, 3.63) is 168 Å². The molecular weight excluding hydrogens is 596 g/mol. The molecule has 4 aromatic rings. The highest BCUT2D eigenvalue weighted by Crippen LogP contribution is 2.15. The van der Waals surface area contributed by atoms with Crippen molar-refractivity contribution in [2.45, 2.75) is 77.2 Å². The van der Waals surface area contributed by atoms with Crippen molar-refractivity contribution < 1.29 is 23.7 Å². The van der Waals surface area contributed by atoms with Crippen molar-refractivity contribution in [2.24, 2.45) is 0 Å². The standard InChI is InChI=1S/C43H50O5/c44-41(25-13-27-42(47-35-39-21-9-3-10-22-39)29-15-31-45-33-37-17-5-1-6-18-37)26-14-28-43(48-36-40-23-11-4-12-24-40)30-16-32-46-34-38-19-7-2-8-20-38/h1-14,17-26,42-43H,15-16,27-36H2/b25-13+,26-14+/t42-,43-/m0/s1. The fourth-order valence-electron chi connectivity index (χ4n) is 5.20. The Morgan fingerprint density at radius 1 is 0.479 bits per heavy atom. The smallest absolute Gasteiger partial charge is 0.178 e. The van der Waals surface area contributed by atoms with Crippen LogP contribution in [0.2, 0.25) is 0 Å². The molecule has 0 aliphatic heterocycles. The van der Waals surface area contributed by atoms with E-state index < -0.39 is 0 Å². The van der Waals surface area contributed by atoms with Gasteiger partial charge in [0.25, 0.3) is 0 Å². The van der Waals surface area contributed by atoms with Gasteiger partial charge in [0, 0.05) is 13.2 Å². The van der Waals surface area contributed by atoms with Crippen LogP contribution in [-0.4, -0.2) is 31.2 Å². The maximum atomic E-state index is 12.7. The Bertz CT molecular complexity index is 1330. The third-order valence-electron chi connectivity index (χ3n) is 7.87. The maximum Gasteiger partial charge on any atom is 0.178 e. The second-order valence-corrected chi connectivity index (χ2v) is 11.9. The van der Waals surface area contributed by atoms with Crippen LogP contribution in [0.1, 0.15) is 60.8 Å². The van der Waals surface area contributed by atoms with Crippen molar-refractivity contribution in [2.75, 3.05) is 13.2 Å². The summed E-state index contributed by atoms with van der Waals surface area (Å²) < 4.78 is 24.3. The van der Waals surface area contributed by atoms with E-state index in [0.717, 1.165) is 36.8 Å². The lowest BCUT2D eigenvalue weighted by Gasteiger charge is -2.17. The Morgan fingerprint density at radius 3 is 1.17 bits per heavy atom. The zero-order chi connectivity index (χ0) is 33.3. The largest absolute Gasteiger partial charge is 0.377 e. The number of hydrogen-bond donors (Lipinski definition) is 0. The minimum atomic E-state index is -0.0315. The zero-order valence-electron chi connectivity index (χ0n) is 28.0. The average molecular weight is 647 g/mol. The summed E-state index contributed by atoms with van der Waals surface area (Å²) in [5, 5.41) is 0.